The Morgan fingerprint density at radius 1 is 1.07 bits per heavy atom. The molecular formula is C20H18F4N2O2. The van der Waals surface area contributed by atoms with Crippen LogP contribution in [0.1, 0.15) is 37.8 Å². The lowest BCUT2D eigenvalue weighted by molar-refractivity contribution is -0.122. The highest BCUT2D eigenvalue weighted by Gasteiger charge is 2.73. The van der Waals surface area contributed by atoms with Crippen molar-refractivity contribution in [2.24, 2.45) is 11.1 Å². The Hall–Kier alpha value is -2.64. The minimum atomic E-state index is -2.71. The van der Waals surface area contributed by atoms with Crippen LogP contribution < -0.4 is 10.5 Å². The zero-order chi connectivity index (χ0) is 20.2. The van der Waals surface area contributed by atoms with Gasteiger partial charge in [0.25, 0.3) is 0 Å². The number of carbonyl (C=O) groups excluding carboxylic acids is 1. The summed E-state index contributed by atoms with van der Waals surface area (Å²) in [5, 5.41) is 0. The number of ether oxygens (including phenoxy) is 1. The zero-order valence-corrected chi connectivity index (χ0v) is 14.9. The molecule has 1 atom stereocenters. The normalized spacial score (nSPS) is 24.7. The molecule has 148 valence electrons. The van der Waals surface area contributed by atoms with E-state index in [2.05, 4.69) is 4.98 Å². The fourth-order valence-electron chi connectivity index (χ4n) is 4.38. The third kappa shape index (κ3) is 2.91. The van der Waals surface area contributed by atoms with Crippen molar-refractivity contribution in [3.8, 4) is 11.5 Å². The van der Waals surface area contributed by atoms with Gasteiger partial charge in [-0.1, -0.05) is 0 Å². The SMILES string of the molecule is NC(=O)C1(c2ccc(Oc3ccc(F)cc3F)cn2)CC12CCC(F)(F)CC2. The Kier molecular flexibility index (Phi) is 4.13. The van der Waals surface area contributed by atoms with E-state index in [0.717, 1.165) is 12.1 Å². The number of nitrogens with two attached hydrogens (primary N) is 1. The van der Waals surface area contributed by atoms with Gasteiger partial charge in [0.2, 0.25) is 11.8 Å². The fraction of sp³-hybridized carbons (Fsp3) is 0.400. The van der Waals surface area contributed by atoms with Crippen LogP contribution in [0.4, 0.5) is 17.6 Å². The van der Waals surface area contributed by atoms with Crippen molar-refractivity contribution in [1.29, 1.82) is 0 Å². The van der Waals surface area contributed by atoms with Gasteiger partial charge in [-0.05, 0) is 48.9 Å². The lowest BCUT2D eigenvalue weighted by Crippen LogP contribution is -2.38. The number of halogens is 4. The molecule has 1 aromatic heterocycles. The quantitative estimate of drug-likeness (QED) is 0.778. The summed E-state index contributed by atoms with van der Waals surface area (Å²) in [5.41, 5.74) is 4.40. The minimum Gasteiger partial charge on any atom is -0.453 e. The molecule has 2 aromatic rings. The summed E-state index contributed by atoms with van der Waals surface area (Å²) >= 11 is 0. The monoisotopic (exact) mass is 394 g/mol. The summed E-state index contributed by atoms with van der Waals surface area (Å²) in [6.45, 7) is 0. The molecule has 0 aliphatic heterocycles. The molecule has 0 bridgehead atoms. The lowest BCUT2D eigenvalue weighted by Gasteiger charge is -2.31. The first kappa shape index (κ1) is 18.7. The number of benzene rings is 1. The van der Waals surface area contributed by atoms with Crippen LogP contribution in [-0.4, -0.2) is 16.8 Å². The molecule has 1 aromatic carbocycles. The molecule has 0 saturated heterocycles. The second-order valence-electron chi connectivity index (χ2n) is 7.64. The number of carbonyl (C=O) groups is 1. The zero-order valence-electron chi connectivity index (χ0n) is 14.9. The van der Waals surface area contributed by atoms with Crippen molar-refractivity contribution < 1.29 is 27.1 Å². The minimum absolute atomic E-state index is 0.169. The summed E-state index contributed by atoms with van der Waals surface area (Å²) < 4.78 is 59.1. The molecule has 1 spiro atoms. The van der Waals surface area contributed by atoms with Gasteiger partial charge in [-0.2, -0.15) is 0 Å². The number of nitrogens with zero attached hydrogens (tertiary/aromatic N) is 1. The Bertz CT molecular complexity index is 922. The first-order chi connectivity index (χ1) is 13.2. The highest BCUT2D eigenvalue weighted by atomic mass is 19.3. The van der Waals surface area contributed by atoms with Crippen LogP contribution in [-0.2, 0) is 10.2 Å². The van der Waals surface area contributed by atoms with Gasteiger partial charge in [-0.25, -0.2) is 17.6 Å². The summed E-state index contributed by atoms with van der Waals surface area (Å²) in [6, 6.07) is 5.96. The van der Waals surface area contributed by atoms with Gasteiger partial charge in [0.15, 0.2) is 11.6 Å². The molecule has 1 unspecified atom stereocenters. The van der Waals surface area contributed by atoms with E-state index in [4.69, 9.17) is 10.5 Å². The van der Waals surface area contributed by atoms with E-state index in [1.54, 1.807) is 6.07 Å². The van der Waals surface area contributed by atoms with Crippen molar-refractivity contribution in [2.45, 2.75) is 43.4 Å². The molecule has 2 aliphatic carbocycles. The lowest BCUT2D eigenvalue weighted by atomic mass is 9.76. The fourth-order valence-corrected chi connectivity index (χ4v) is 4.38. The number of aromatic nitrogens is 1. The maximum Gasteiger partial charge on any atom is 0.248 e. The smallest absolute Gasteiger partial charge is 0.248 e. The number of rotatable bonds is 4. The van der Waals surface area contributed by atoms with E-state index < -0.39 is 34.3 Å². The van der Waals surface area contributed by atoms with Crippen molar-refractivity contribution in [3.63, 3.8) is 0 Å². The average molecular weight is 394 g/mol. The van der Waals surface area contributed by atoms with Crippen LogP contribution in [0, 0.1) is 17.0 Å². The number of amides is 1. The largest absolute Gasteiger partial charge is 0.453 e. The van der Waals surface area contributed by atoms with Gasteiger partial charge in [-0.15, -0.1) is 0 Å². The van der Waals surface area contributed by atoms with Gasteiger partial charge in [-0.3, -0.25) is 9.78 Å². The van der Waals surface area contributed by atoms with Gasteiger partial charge >= 0.3 is 0 Å². The second-order valence-corrected chi connectivity index (χ2v) is 7.64. The van der Waals surface area contributed by atoms with Gasteiger partial charge in [0, 0.05) is 18.9 Å². The summed E-state index contributed by atoms with van der Waals surface area (Å²) in [7, 11) is 0. The van der Waals surface area contributed by atoms with Crippen LogP contribution in [0.5, 0.6) is 11.5 Å². The van der Waals surface area contributed by atoms with Gasteiger partial charge in [0.1, 0.15) is 11.6 Å². The molecule has 2 fully saturated rings. The van der Waals surface area contributed by atoms with Crippen LogP contribution >= 0.6 is 0 Å². The Balaban J connectivity index is 1.56. The molecule has 1 amide bonds. The van der Waals surface area contributed by atoms with E-state index in [1.807, 2.05) is 0 Å². The molecule has 28 heavy (non-hydrogen) atoms. The molecule has 2 saturated carbocycles. The number of hydrogen-bond acceptors (Lipinski definition) is 3. The van der Waals surface area contributed by atoms with Crippen molar-refractivity contribution in [1.82, 2.24) is 4.98 Å². The third-order valence-electron chi connectivity index (χ3n) is 6.04. The first-order valence-corrected chi connectivity index (χ1v) is 8.95. The summed E-state index contributed by atoms with van der Waals surface area (Å²) in [4.78, 5) is 16.5. The highest BCUT2D eigenvalue weighted by Crippen LogP contribution is 2.71. The number of primary amides is 1. The van der Waals surface area contributed by atoms with E-state index in [1.165, 1.54) is 12.3 Å². The third-order valence-corrected chi connectivity index (χ3v) is 6.04. The van der Waals surface area contributed by atoms with Crippen LogP contribution in [0.2, 0.25) is 0 Å². The van der Waals surface area contributed by atoms with Crippen molar-refractivity contribution in [3.05, 3.63) is 53.9 Å². The van der Waals surface area contributed by atoms with Crippen LogP contribution in [0.15, 0.2) is 36.5 Å². The standard InChI is InChI=1S/C20H18F4N2O2/c21-12-1-3-15(14(22)9-12)28-13-2-4-16(26-10-13)20(17(25)27)11-18(20)5-7-19(23,24)8-6-18/h1-4,9-10H,5-8,11H2,(H2,25,27). The second kappa shape index (κ2) is 6.18. The Morgan fingerprint density at radius 3 is 2.36 bits per heavy atom. The van der Waals surface area contributed by atoms with E-state index in [0.29, 0.717) is 18.2 Å². The summed E-state index contributed by atoms with van der Waals surface area (Å²) in [5.74, 6) is -4.84. The molecule has 4 rings (SSSR count). The number of pyridine rings is 1. The molecule has 2 aliphatic rings. The highest BCUT2D eigenvalue weighted by molar-refractivity contribution is 5.91. The molecule has 1 heterocycles. The molecule has 8 heteroatoms. The molecule has 2 N–H and O–H groups in total. The van der Waals surface area contributed by atoms with Gasteiger partial charge in [0.05, 0.1) is 17.3 Å². The van der Waals surface area contributed by atoms with E-state index in [-0.39, 0.29) is 37.2 Å². The molecule has 0 radical (unpaired) electrons. The Labute approximate surface area is 158 Å². The van der Waals surface area contributed by atoms with Crippen molar-refractivity contribution >= 4 is 5.91 Å². The van der Waals surface area contributed by atoms with E-state index in [9.17, 15) is 22.4 Å². The topological polar surface area (TPSA) is 65.2 Å². The summed E-state index contributed by atoms with van der Waals surface area (Å²) in [6.07, 6.45) is 1.59. The molecule has 4 nitrogen and oxygen atoms in total. The first-order valence-electron chi connectivity index (χ1n) is 8.95. The average Bonchev–Trinajstić information content (AvgIpc) is 3.31. The predicted molar refractivity (Wildman–Crippen MR) is 92.0 cm³/mol. The number of alkyl halides is 2. The Morgan fingerprint density at radius 2 is 1.79 bits per heavy atom. The predicted octanol–water partition coefficient (Wildman–Crippen LogP) is 4.47. The molecular weight excluding hydrogens is 376 g/mol. The maximum atomic E-state index is 13.7. The number of hydrogen-bond donors (Lipinski definition) is 1. The maximum absolute atomic E-state index is 13.7. The van der Waals surface area contributed by atoms with Crippen molar-refractivity contribution in [2.75, 3.05) is 0 Å². The van der Waals surface area contributed by atoms with Crippen LogP contribution in [0.3, 0.4) is 0 Å². The van der Waals surface area contributed by atoms with E-state index >= 15 is 0 Å². The van der Waals surface area contributed by atoms with Gasteiger partial charge < -0.3 is 10.5 Å². The van der Waals surface area contributed by atoms with Crippen LogP contribution in [0.25, 0.3) is 0 Å².